The summed E-state index contributed by atoms with van der Waals surface area (Å²) in [6, 6.07) is 12.9. The van der Waals surface area contributed by atoms with E-state index in [0.717, 1.165) is 21.5 Å². The number of fused-ring (bicyclic) bond motifs is 1. The lowest BCUT2D eigenvalue weighted by Gasteiger charge is -2.32. The van der Waals surface area contributed by atoms with E-state index in [1.807, 2.05) is 47.8 Å². The van der Waals surface area contributed by atoms with E-state index in [2.05, 4.69) is 5.32 Å². The number of hydrogen-bond donors (Lipinski definition) is 2. The number of carbonyl (C=O) groups excluding carboxylic acids is 2. The molecule has 4 rings (SSSR count). The van der Waals surface area contributed by atoms with Gasteiger partial charge in [0, 0.05) is 25.0 Å². The third kappa shape index (κ3) is 3.07. The zero-order chi connectivity index (χ0) is 18.1. The molecule has 0 aliphatic carbocycles. The molecule has 1 aliphatic heterocycles. The van der Waals surface area contributed by atoms with Crippen LogP contribution in [0.25, 0.3) is 21.5 Å². The Balaban J connectivity index is 1.77. The number of rotatable bonds is 3. The second-order valence-electron chi connectivity index (χ2n) is 6.21. The molecular formula is C19H18N4O2S. The maximum Gasteiger partial charge on any atom is 0.254 e. The van der Waals surface area contributed by atoms with Gasteiger partial charge in [0.1, 0.15) is 6.04 Å². The van der Waals surface area contributed by atoms with Gasteiger partial charge >= 0.3 is 0 Å². The number of aromatic nitrogens is 1. The molecule has 0 unspecified atom stereocenters. The van der Waals surface area contributed by atoms with Crippen LogP contribution in [-0.4, -0.2) is 47.4 Å². The summed E-state index contributed by atoms with van der Waals surface area (Å²) in [6.07, 6.45) is 0. The van der Waals surface area contributed by atoms with Crippen LogP contribution in [0.15, 0.2) is 47.8 Å². The van der Waals surface area contributed by atoms with Crippen LogP contribution in [0.4, 0.5) is 0 Å². The lowest BCUT2D eigenvalue weighted by Crippen LogP contribution is -2.57. The zero-order valence-corrected chi connectivity index (χ0v) is 14.8. The molecule has 1 atom stereocenters. The van der Waals surface area contributed by atoms with E-state index in [0.29, 0.717) is 18.7 Å². The number of carbonyl (C=O) groups is 2. The predicted molar refractivity (Wildman–Crippen MR) is 102 cm³/mol. The number of amides is 2. The number of thiophene rings is 1. The average Bonchev–Trinajstić information content (AvgIpc) is 3.21. The van der Waals surface area contributed by atoms with Gasteiger partial charge in [0.15, 0.2) is 0 Å². The highest BCUT2D eigenvalue weighted by atomic mass is 32.1. The van der Waals surface area contributed by atoms with Crippen LogP contribution < -0.4 is 11.1 Å². The van der Waals surface area contributed by atoms with Crippen molar-refractivity contribution in [3.8, 4) is 10.6 Å². The summed E-state index contributed by atoms with van der Waals surface area (Å²) >= 11 is 1.59. The molecule has 132 valence electrons. The van der Waals surface area contributed by atoms with Gasteiger partial charge in [-0.25, -0.2) is 4.98 Å². The molecule has 1 aromatic carbocycles. The zero-order valence-electron chi connectivity index (χ0n) is 14.0. The minimum atomic E-state index is -0.516. The number of nitrogens with one attached hydrogen (secondary N) is 1. The molecule has 2 amide bonds. The van der Waals surface area contributed by atoms with E-state index in [1.54, 1.807) is 16.2 Å². The molecule has 3 heterocycles. The third-order valence-corrected chi connectivity index (χ3v) is 5.42. The van der Waals surface area contributed by atoms with Gasteiger partial charge in [-0.05, 0) is 23.6 Å². The van der Waals surface area contributed by atoms with Gasteiger partial charge in [0.25, 0.3) is 5.91 Å². The highest BCUT2D eigenvalue weighted by molar-refractivity contribution is 7.13. The Bertz CT molecular complexity index is 971. The quantitative estimate of drug-likeness (QED) is 0.741. The Morgan fingerprint density at radius 1 is 1.23 bits per heavy atom. The summed E-state index contributed by atoms with van der Waals surface area (Å²) in [5, 5.41) is 5.85. The fourth-order valence-electron chi connectivity index (χ4n) is 3.20. The maximum absolute atomic E-state index is 13.2. The van der Waals surface area contributed by atoms with Crippen molar-refractivity contribution < 1.29 is 9.59 Å². The monoisotopic (exact) mass is 366 g/mol. The van der Waals surface area contributed by atoms with Crippen molar-refractivity contribution >= 4 is 34.1 Å². The van der Waals surface area contributed by atoms with Crippen molar-refractivity contribution in [3.05, 3.63) is 53.4 Å². The van der Waals surface area contributed by atoms with Crippen LogP contribution in [0.5, 0.6) is 0 Å². The second-order valence-corrected chi connectivity index (χ2v) is 7.16. The number of benzene rings is 1. The standard InChI is InChI=1S/C19H18N4O2S/c20-18(24)16-11-23(8-7-21-16)19(25)13-10-15(17-6-3-9-26-17)22-14-5-2-1-4-12(13)14/h1-6,9-10,16,21H,7-8,11H2,(H2,20,24)/t16-/m0/s1. The second kappa shape index (κ2) is 6.86. The molecule has 6 nitrogen and oxygen atoms in total. The Morgan fingerprint density at radius 3 is 2.85 bits per heavy atom. The Hall–Kier alpha value is -2.77. The van der Waals surface area contributed by atoms with Crippen LogP contribution in [0.2, 0.25) is 0 Å². The molecule has 1 saturated heterocycles. The number of para-hydroxylation sites is 1. The molecular weight excluding hydrogens is 348 g/mol. The van der Waals surface area contributed by atoms with Crippen LogP contribution >= 0.6 is 11.3 Å². The Morgan fingerprint density at radius 2 is 2.08 bits per heavy atom. The molecule has 0 bridgehead atoms. The van der Waals surface area contributed by atoms with Crippen molar-refractivity contribution in [3.63, 3.8) is 0 Å². The predicted octanol–water partition coefficient (Wildman–Crippen LogP) is 1.86. The number of primary amides is 1. The van der Waals surface area contributed by atoms with Crippen LogP contribution in [-0.2, 0) is 4.79 Å². The normalized spacial score (nSPS) is 17.4. The molecule has 2 aromatic heterocycles. The fraction of sp³-hybridized carbons (Fsp3) is 0.211. The first-order valence-electron chi connectivity index (χ1n) is 8.39. The van der Waals surface area contributed by atoms with E-state index in [1.165, 1.54) is 0 Å². The van der Waals surface area contributed by atoms with Crippen molar-refractivity contribution in [2.75, 3.05) is 19.6 Å². The van der Waals surface area contributed by atoms with Crippen LogP contribution in [0.1, 0.15) is 10.4 Å². The van der Waals surface area contributed by atoms with Crippen molar-refractivity contribution in [1.29, 1.82) is 0 Å². The third-order valence-electron chi connectivity index (χ3n) is 4.53. The van der Waals surface area contributed by atoms with E-state index in [9.17, 15) is 9.59 Å². The first kappa shape index (κ1) is 16.7. The Kier molecular flexibility index (Phi) is 4.40. The number of pyridine rings is 1. The van der Waals surface area contributed by atoms with Crippen molar-refractivity contribution in [2.24, 2.45) is 5.73 Å². The molecule has 7 heteroatoms. The smallest absolute Gasteiger partial charge is 0.254 e. The fourth-order valence-corrected chi connectivity index (χ4v) is 3.88. The minimum absolute atomic E-state index is 0.103. The van der Waals surface area contributed by atoms with E-state index >= 15 is 0 Å². The molecule has 3 N–H and O–H groups in total. The van der Waals surface area contributed by atoms with Crippen molar-refractivity contribution in [2.45, 2.75) is 6.04 Å². The molecule has 3 aromatic rings. The number of hydrogen-bond acceptors (Lipinski definition) is 5. The maximum atomic E-state index is 13.2. The first-order chi connectivity index (χ1) is 12.6. The van der Waals surface area contributed by atoms with Crippen molar-refractivity contribution in [1.82, 2.24) is 15.2 Å². The molecule has 0 saturated carbocycles. The lowest BCUT2D eigenvalue weighted by atomic mass is 10.0. The summed E-state index contributed by atoms with van der Waals surface area (Å²) in [5.41, 5.74) is 7.56. The highest BCUT2D eigenvalue weighted by Gasteiger charge is 2.28. The summed E-state index contributed by atoms with van der Waals surface area (Å²) in [4.78, 5) is 32.1. The van der Waals surface area contributed by atoms with Gasteiger partial charge in [0.05, 0.1) is 21.7 Å². The molecule has 0 radical (unpaired) electrons. The van der Waals surface area contributed by atoms with E-state index in [-0.39, 0.29) is 12.5 Å². The number of nitrogens with zero attached hydrogens (tertiary/aromatic N) is 2. The molecule has 0 spiro atoms. The van der Waals surface area contributed by atoms with E-state index in [4.69, 9.17) is 10.7 Å². The first-order valence-corrected chi connectivity index (χ1v) is 9.27. The Labute approximate surface area is 154 Å². The number of piperazine rings is 1. The summed E-state index contributed by atoms with van der Waals surface area (Å²) in [5.74, 6) is -0.546. The minimum Gasteiger partial charge on any atom is -0.368 e. The lowest BCUT2D eigenvalue weighted by molar-refractivity contribution is -0.120. The molecule has 1 aliphatic rings. The molecule has 1 fully saturated rings. The van der Waals surface area contributed by atoms with E-state index < -0.39 is 11.9 Å². The van der Waals surface area contributed by atoms with Gasteiger partial charge in [-0.1, -0.05) is 24.3 Å². The highest BCUT2D eigenvalue weighted by Crippen LogP contribution is 2.28. The van der Waals surface area contributed by atoms with Crippen LogP contribution in [0.3, 0.4) is 0 Å². The van der Waals surface area contributed by atoms with Gasteiger partial charge in [-0.15, -0.1) is 11.3 Å². The van der Waals surface area contributed by atoms with Gasteiger partial charge < -0.3 is 16.0 Å². The topological polar surface area (TPSA) is 88.3 Å². The van der Waals surface area contributed by atoms with Gasteiger partial charge in [-0.3, -0.25) is 9.59 Å². The molecule has 26 heavy (non-hydrogen) atoms. The summed E-state index contributed by atoms with van der Waals surface area (Å²) < 4.78 is 0. The van der Waals surface area contributed by atoms with Crippen LogP contribution in [0, 0.1) is 0 Å². The summed E-state index contributed by atoms with van der Waals surface area (Å²) in [7, 11) is 0. The van der Waals surface area contributed by atoms with Gasteiger partial charge in [-0.2, -0.15) is 0 Å². The number of nitrogens with two attached hydrogens (primary N) is 1. The van der Waals surface area contributed by atoms with Gasteiger partial charge in [0.2, 0.25) is 5.91 Å². The largest absolute Gasteiger partial charge is 0.368 e. The summed E-state index contributed by atoms with van der Waals surface area (Å²) in [6.45, 7) is 1.35. The average molecular weight is 366 g/mol. The SMILES string of the molecule is NC(=O)[C@@H]1CN(C(=O)c2cc(-c3cccs3)nc3ccccc23)CCN1.